The van der Waals surface area contributed by atoms with Crippen molar-refractivity contribution >= 4 is 11.9 Å². The van der Waals surface area contributed by atoms with Gasteiger partial charge in [-0.3, -0.25) is 14.5 Å². The van der Waals surface area contributed by atoms with Gasteiger partial charge in [-0.25, -0.2) is 4.39 Å². The standard InChI is InChI=1S/C17H23FN2O4/c1-23-16(21)6-7-20(9-8-19-10-12-24-13-11-19)17(22)14-4-2-3-5-15(14)18/h2-5H,6-13H2,1H3. The van der Waals surface area contributed by atoms with Gasteiger partial charge in [0.1, 0.15) is 5.82 Å². The SMILES string of the molecule is COC(=O)CCN(CCN1CCOCC1)C(=O)c1ccccc1F. The molecule has 0 bridgehead atoms. The Balaban J connectivity index is 2.02. The van der Waals surface area contributed by atoms with Crippen molar-refractivity contribution in [3.8, 4) is 0 Å². The highest BCUT2D eigenvalue weighted by Crippen LogP contribution is 2.11. The molecule has 1 aromatic rings. The monoisotopic (exact) mass is 338 g/mol. The van der Waals surface area contributed by atoms with Crippen LogP contribution in [0.25, 0.3) is 0 Å². The fourth-order valence-corrected chi connectivity index (χ4v) is 2.54. The Hall–Kier alpha value is -1.99. The van der Waals surface area contributed by atoms with Crippen molar-refractivity contribution in [3.63, 3.8) is 0 Å². The molecule has 1 fully saturated rings. The number of nitrogens with zero attached hydrogens (tertiary/aromatic N) is 2. The quantitative estimate of drug-likeness (QED) is 0.699. The van der Waals surface area contributed by atoms with E-state index >= 15 is 0 Å². The van der Waals surface area contributed by atoms with Crippen molar-refractivity contribution in [2.24, 2.45) is 0 Å². The molecular formula is C17H23FN2O4. The zero-order valence-electron chi connectivity index (χ0n) is 13.9. The smallest absolute Gasteiger partial charge is 0.307 e. The molecule has 0 aliphatic carbocycles. The Kier molecular flexibility index (Phi) is 7.14. The van der Waals surface area contributed by atoms with Gasteiger partial charge in [-0.2, -0.15) is 0 Å². The largest absolute Gasteiger partial charge is 0.469 e. The van der Waals surface area contributed by atoms with Crippen LogP contribution in [0.4, 0.5) is 4.39 Å². The van der Waals surface area contributed by atoms with Crippen molar-refractivity contribution in [2.45, 2.75) is 6.42 Å². The molecule has 0 radical (unpaired) electrons. The summed E-state index contributed by atoms with van der Waals surface area (Å²) >= 11 is 0. The Morgan fingerprint density at radius 2 is 1.96 bits per heavy atom. The molecule has 0 saturated carbocycles. The van der Waals surface area contributed by atoms with Crippen molar-refractivity contribution in [1.29, 1.82) is 0 Å². The van der Waals surface area contributed by atoms with Crippen LogP contribution in [0.15, 0.2) is 24.3 Å². The molecule has 0 aromatic heterocycles. The summed E-state index contributed by atoms with van der Waals surface area (Å²) < 4.78 is 23.8. The van der Waals surface area contributed by atoms with E-state index in [0.717, 1.165) is 13.1 Å². The molecule has 1 saturated heterocycles. The van der Waals surface area contributed by atoms with Crippen LogP contribution in [-0.2, 0) is 14.3 Å². The first-order chi connectivity index (χ1) is 11.6. The molecule has 6 nitrogen and oxygen atoms in total. The summed E-state index contributed by atoms with van der Waals surface area (Å²) in [4.78, 5) is 27.7. The lowest BCUT2D eigenvalue weighted by Crippen LogP contribution is -2.43. The lowest BCUT2D eigenvalue weighted by molar-refractivity contribution is -0.140. The van der Waals surface area contributed by atoms with E-state index in [9.17, 15) is 14.0 Å². The number of morpholine rings is 1. The number of carbonyl (C=O) groups excluding carboxylic acids is 2. The predicted octanol–water partition coefficient (Wildman–Crippen LogP) is 1.16. The van der Waals surface area contributed by atoms with Gasteiger partial charge in [0.2, 0.25) is 0 Å². The third-order valence-electron chi connectivity index (χ3n) is 3.99. The lowest BCUT2D eigenvalue weighted by Gasteiger charge is -2.30. The first kappa shape index (κ1) is 18.4. The predicted molar refractivity (Wildman–Crippen MR) is 86.2 cm³/mol. The molecule has 1 heterocycles. The molecule has 0 atom stereocenters. The molecule has 1 amide bonds. The maximum Gasteiger partial charge on any atom is 0.307 e. The number of hydrogen-bond acceptors (Lipinski definition) is 5. The fraction of sp³-hybridized carbons (Fsp3) is 0.529. The summed E-state index contributed by atoms with van der Waals surface area (Å²) in [5.41, 5.74) is 0.0179. The normalized spacial score (nSPS) is 15.1. The van der Waals surface area contributed by atoms with E-state index in [1.165, 1.54) is 24.1 Å². The summed E-state index contributed by atoms with van der Waals surface area (Å²) in [6, 6.07) is 5.88. The zero-order chi connectivity index (χ0) is 17.4. The maximum absolute atomic E-state index is 13.9. The number of amides is 1. The molecular weight excluding hydrogens is 315 g/mol. The minimum atomic E-state index is -0.558. The number of esters is 1. The zero-order valence-corrected chi connectivity index (χ0v) is 13.9. The van der Waals surface area contributed by atoms with Gasteiger partial charge in [-0.1, -0.05) is 12.1 Å². The Morgan fingerprint density at radius 1 is 1.25 bits per heavy atom. The molecule has 7 heteroatoms. The van der Waals surface area contributed by atoms with Crippen molar-refractivity contribution in [1.82, 2.24) is 9.80 Å². The van der Waals surface area contributed by atoms with E-state index in [-0.39, 0.29) is 18.5 Å². The molecule has 1 aliphatic rings. The van der Waals surface area contributed by atoms with Gasteiger partial charge in [0, 0.05) is 32.7 Å². The molecule has 132 valence electrons. The highest BCUT2D eigenvalue weighted by atomic mass is 19.1. The fourth-order valence-electron chi connectivity index (χ4n) is 2.54. The van der Waals surface area contributed by atoms with Crippen LogP contribution in [0, 0.1) is 5.82 Å². The Labute approximate surface area is 141 Å². The second-order valence-corrected chi connectivity index (χ2v) is 5.55. The lowest BCUT2D eigenvalue weighted by atomic mass is 10.1. The number of hydrogen-bond donors (Lipinski definition) is 0. The minimum absolute atomic E-state index is 0.0179. The topological polar surface area (TPSA) is 59.1 Å². The van der Waals surface area contributed by atoms with E-state index in [2.05, 4.69) is 9.64 Å². The van der Waals surface area contributed by atoms with E-state index in [1.807, 2.05) is 0 Å². The van der Waals surface area contributed by atoms with Gasteiger partial charge in [0.15, 0.2) is 0 Å². The molecule has 1 aliphatic heterocycles. The Morgan fingerprint density at radius 3 is 2.62 bits per heavy atom. The minimum Gasteiger partial charge on any atom is -0.469 e. The second-order valence-electron chi connectivity index (χ2n) is 5.55. The molecule has 1 aromatic carbocycles. The van der Waals surface area contributed by atoms with Crippen LogP contribution < -0.4 is 0 Å². The average Bonchev–Trinajstić information content (AvgIpc) is 2.62. The number of rotatable bonds is 7. The van der Waals surface area contributed by atoms with Crippen molar-refractivity contribution in [3.05, 3.63) is 35.6 Å². The molecule has 24 heavy (non-hydrogen) atoms. The van der Waals surface area contributed by atoms with Crippen LogP contribution in [0.1, 0.15) is 16.8 Å². The summed E-state index contributed by atoms with van der Waals surface area (Å²) in [6.07, 6.45) is 0.0831. The van der Waals surface area contributed by atoms with Crippen LogP contribution >= 0.6 is 0 Å². The van der Waals surface area contributed by atoms with E-state index < -0.39 is 17.7 Å². The molecule has 0 N–H and O–H groups in total. The van der Waals surface area contributed by atoms with Crippen molar-refractivity contribution in [2.75, 3.05) is 53.0 Å². The van der Waals surface area contributed by atoms with Crippen molar-refractivity contribution < 1.29 is 23.5 Å². The molecule has 2 rings (SSSR count). The summed E-state index contributed by atoms with van der Waals surface area (Å²) in [5, 5.41) is 0. The first-order valence-corrected chi connectivity index (χ1v) is 8.02. The highest BCUT2D eigenvalue weighted by Gasteiger charge is 2.21. The number of carbonyl (C=O) groups is 2. The third-order valence-corrected chi connectivity index (χ3v) is 3.99. The van der Waals surface area contributed by atoms with E-state index in [1.54, 1.807) is 12.1 Å². The van der Waals surface area contributed by atoms with Gasteiger partial charge in [0.05, 0.1) is 32.3 Å². The number of benzene rings is 1. The van der Waals surface area contributed by atoms with Gasteiger partial charge < -0.3 is 14.4 Å². The van der Waals surface area contributed by atoms with Crippen LogP contribution in [-0.4, -0.2) is 74.7 Å². The number of ether oxygens (including phenoxy) is 2. The van der Waals surface area contributed by atoms with Gasteiger partial charge in [-0.15, -0.1) is 0 Å². The molecule has 0 unspecified atom stereocenters. The van der Waals surface area contributed by atoms with Crippen LogP contribution in [0.5, 0.6) is 0 Å². The molecule has 0 spiro atoms. The second kappa shape index (κ2) is 9.34. The van der Waals surface area contributed by atoms with Gasteiger partial charge in [-0.05, 0) is 12.1 Å². The van der Waals surface area contributed by atoms with E-state index in [4.69, 9.17) is 4.74 Å². The van der Waals surface area contributed by atoms with Crippen LogP contribution in [0.3, 0.4) is 0 Å². The third kappa shape index (κ3) is 5.28. The average molecular weight is 338 g/mol. The van der Waals surface area contributed by atoms with Gasteiger partial charge >= 0.3 is 5.97 Å². The maximum atomic E-state index is 13.9. The number of halogens is 1. The Bertz CT molecular complexity index is 561. The summed E-state index contributed by atoms with van der Waals surface area (Å²) in [6.45, 7) is 4.23. The summed E-state index contributed by atoms with van der Waals surface area (Å²) in [5.74, 6) is -1.37. The van der Waals surface area contributed by atoms with E-state index in [0.29, 0.717) is 26.3 Å². The summed E-state index contributed by atoms with van der Waals surface area (Å²) in [7, 11) is 1.30. The highest BCUT2D eigenvalue weighted by molar-refractivity contribution is 5.94. The first-order valence-electron chi connectivity index (χ1n) is 8.02. The van der Waals surface area contributed by atoms with Crippen LogP contribution in [0.2, 0.25) is 0 Å². The number of methoxy groups -OCH3 is 1. The van der Waals surface area contributed by atoms with Gasteiger partial charge in [0.25, 0.3) is 5.91 Å².